The maximum absolute atomic E-state index is 9.30. The van der Waals surface area contributed by atoms with Crippen LogP contribution >= 0.6 is 11.3 Å². The van der Waals surface area contributed by atoms with Crippen LogP contribution in [0.2, 0.25) is 0 Å². The minimum absolute atomic E-state index is 0. The van der Waals surface area contributed by atoms with Crippen molar-refractivity contribution in [1.82, 2.24) is 14.9 Å². The summed E-state index contributed by atoms with van der Waals surface area (Å²) in [5.41, 5.74) is 6.66. The van der Waals surface area contributed by atoms with Crippen molar-refractivity contribution in [2.45, 2.75) is 39.9 Å². The Labute approximate surface area is 217 Å². The molecule has 0 bridgehead atoms. The van der Waals surface area contributed by atoms with Crippen LogP contribution in [0.3, 0.4) is 0 Å². The van der Waals surface area contributed by atoms with Crippen molar-refractivity contribution in [2.75, 3.05) is 6.61 Å². The Balaban J connectivity index is 0.00000342. The van der Waals surface area contributed by atoms with Gasteiger partial charge < -0.3 is 22.4 Å². The van der Waals surface area contributed by atoms with Crippen LogP contribution in [-0.2, 0) is 26.1 Å². The van der Waals surface area contributed by atoms with E-state index in [0.29, 0.717) is 24.6 Å². The molecular weight excluding hydrogens is 478 g/mol. The Kier molecular flexibility index (Phi) is 9.90. The average molecular weight is 508 g/mol. The molecule has 2 heterocycles. The summed E-state index contributed by atoms with van der Waals surface area (Å²) in [7, 11) is 0. The second-order valence-corrected chi connectivity index (χ2v) is 9.16. The van der Waals surface area contributed by atoms with Gasteiger partial charge in [0.25, 0.3) is 0 Å². The Morgan fingerprint density at radius 1 is 1.00 bits per heavy atom. The lowest BCUT2D eigenvalue weighted by atomic mass is 10.2. The third-order valence-electron chi connectivity index (χ3n) is 5.60. The van der Waals surface area contributed by atoms with Crippen molar-refractivity contribution in [1.29, 1.82) is 0 Å². The maximum atomic E-state index is 9.30. The maximum Gasteiger partial charge on any atom is 0.225 e. The molecule has 0 aliphatic carbocycles. The third kappa shape index (κ3) is 7.42. The quantitative estimate of drug-likeness (QED) is 0.200. The number of hydrogen-bond donors (Lipinski definition) is 1. The summed E-state index contributed by atoms with van der Waals surface area (Å²) >= 11 is 1.67. The number of aliphatic hydroxyl groups excluding tert-OH is 1. The summed E-state index contributed by atoms with van der Waals surface area (Å²) in [5, 5.41) is 9.30. The number of aryl methyl sites for hydroxylation is 1. The molecule has 0 saturated carbocycles. The number of benzene rings is 2. The fourth-order valence-corrected chi connectivity index (χ4v) is 4.73. The van der Waals surface area contributed by atoms with Gasteiger partial charge in [-0.05, 0) is 18.1 Å². The highest BCUT2D eigenvalue weighted by atomic mass is 35.5. The summed E-state index contributed by atoms with van der Waals surface area (Å²) in [6.07, 6.45) is 4.43. The first kappa shape index (κ1) is 26.5. The van der Waals surface area contributed by atoms with Crippen molar-refractivity contribution >= 4 is 23.5 Å². The van der Waals surface area contributed by atoms with Crippen LogP contribution in [0.25, 0.3) is 0 Å². The second kappa shape index (κ2) is 13.1. The average Bonchev–Trinajstić information content (AvgIpc) is 3.19. The van der Waals surface area contributed by atoms with Crippen LogP contribution in [0, 0.1) is 13.8 Å². The van der Waals surface area contributed by atoms with E-state index in [4.69, 9.17) is 4.99 Å². The molecule has 4 rings (SSSR count). The van der Waals surface area contributed by atoms with Gasteiger partial charge >= 0.3 is 0 Å². The minimum atomic E-state index is 0. The first-order valence-electron chi connectivity index (χ1n) is 11.4. The number of aromatic nitrogens is 3. The molecule has 35 heavy (non-hydrogen) atoms. The van der Waals surface area contributed by atoms with Crippen molar-refractivity contribution in [3.05, 3.63) is 105 Å². The predicted molar refractivity (Wildman–Crippen MR) is 136 cm³/mol. The minimum Gasteiger partial charge on any atom is -1.00 e. The van der Waals surface area contributed by atoms with Gasteiger partial charge in [-0.2, -0.15) is 4.57 Å². The molecule has 6 nitrogen and oxygen atoms in total. The van der Waals surface area contributed by atoms with Gasteiger partial charge in [-0.3, -0.25) is 0 Å². The molecule has 182 valence electrons. The van der Waals surface area contributed by atoms with Crippen molar-refractivity contribution < 1.29 is 22.1 Å². The van der Waals surface area contributed by atoms with Crippen molar-refractivity contribution in [3.63, 3.8) is 0 Å². The number of halogens is 1. The van der Waals surface area contributed by atoms with E-state index in [9.17, 15) is 5.11 Å². The van der Waals surface area contributed by atoms with Gasteiger partial charge in [0, 0.05) is 39.2 Å². The predicted octanol–water partition coefficient (Wildman–Crippen LogP) is 1.39. The Bertz CT molecular complexity index is 1190. The van der Waals surface area contributed by atoms with E-state index in [0.717, 1.165) is 24.3 Å². The number of rotatable bonds is 10. The van der Waals surface area contributed by atoms with E-state index in [1.165, 1.54) is 16.0 Å². The van der Waals surface area contributed by atoms with E-state index in [-0.39, 0.29) is 19.0 Å². The van der Waals surface area contributed by atoms with Crippen LogP contribution in [0.15, 0.2) is 77.4 Å². The lowest BCUT2D eigenvalue weighted by Crippen LogP contribution is -3.00. The molecule has 0 aliphatic heterocycles. The van der Waals surface area contributed by atoms with Crippen LogP contribution < -0.4 is 17.0 Å². The lowest BCUT2D eigenvalue weighted by molar-refractivity contribution is -0.689. The van der Waals surface area contributed by atoms with Gasteiger partial charge in [0.1, 0.15) is 5.82 Å². The smallest absolute Gasteiger partial charge is 0.225 e. The summed E-state index contributed by atoms with van der Waals surface area (Å²) in [4.78, 5) is 17.3. The fourth-order valence-electron chi connectivity index (χ4n) is 3.75. The molecule has 0 atom stereocenters. The first-order chi connectivity index (χ1) is 16.6. The summed E-state index contributed by atoms with van der Waals surface area (Å²) < 4.78 is 2.18. The topological polar surface area (TPSA) is 65.5 Å². The van der Waals surface area contributed by atoms with Crippen LogP contribution in [0.4, 0.5) is 5.82 Å². The molecule has 0 spiro atoms. The van der Waals surface area contributed by atoms with Gasteiger partial charge in [-0.15, -0.1) is 0 Å². The van der Waals surface area contributed by atoms with Crippen LogP contribution in [-0.4, -0.2) is 32.9 Å². The number of hydrogen-bond acceptors (Lipinski definition) is 5. The largest absolute Gasteiger partial charge is 1.00 e. The molecule has 2 aromatic heterocycles. The summed E-state index contributed by atoms with van der Waals surface area (Å²) in [6, 6.07) is 20.8. The van der Waals surface area contributed by atoms with Crippen molar-refractivity contribution in [2.24, 2.45) is 4.99 Å². The Morgan fingerprint density at radius 3 is 2.23 bits per heavy atom. The van der Waals surface area contributed by atoms with Crippen LogP contribution in [0.5, 0.6) is 0 Å². The number of nitrogens with zero attached hydrogens (tertiary/aromatic N) is 5. The number of thiazole rings is 1. The molecule has 0 aliphatic rings. The zero-order valence-corrected chi connectivity index (χ0v) is 21.6. The number of aliphatic hydroxyl groups is 1. The van der Waals surface area contributed by atoms with E-state index >= 15 is 0 Å². The van der Waals surface area contributed by atoms with Gasteiger partial charge in [0.15, 0.2) is 18.1 Å². The molecule has 1 N–H and O–H groups in total. The van der Waals surface area contributed by atoms with E-state index in [2.05, 4.69) is 80.4 Å². The summed E-state index contributed by atoms with van der Waals surface area (Å²) in [5.74, 6) is 1.38. The van der Waals surface area contributed by atoms with Crippen molar-refractivity contribution in [3.8, 4) is 0 Å². The van der Waals surface area contributed by atoms with Gasteiger partial charge in [0.05, 0.1) is 16.8 Å². The number of aliphatic imine (C=N–C) groups is 1. The lowest BCUT2D eigenvalue weighted by Gasteiger charge is -2.20. The monoisotopic (exact) mass is 507 g/mol. The Morgan fingerprint density at radius 2 is 1.63 bits per heavy atom. The fraction of sp³-hybridized carbons (Fsp3) is 0.259. The highest BCUT2D eigenvalue weighted by molar-refractivity contribution is 7.09. The zero-order chi connectivity index (χ0) is 23.8. The molecule has 0 radical (unpaired) electrons. The van der Waals surface area contributed by atoms with Gasteiger partial charge in [-0.1, -0.05) is 72.0 Å². The molecule has 2 aromatic carbocycles. The highest BCUT2D eigenvalue weighted by Crippen LogP contribution is 2.18. The molecule has 4 aromatic rings. The van der Waals surface area contributed by atoms with E-state index in [1.807, 2.05) is 31.6 Å². The molecular formula is C27H30ClN5OS. The van der Waals surface area contributed by atoms with Gasteiger partial charge in [-0.25, -0.2) is 15.0 Å². The van der Waals surface area contributed by atoms with Gasteiger partial charge in [0.2, 0.25) is 5.51 Å². The SMILES string of the molecule is Cc1ncc(C[n+]2csc(CCO)c2C)c(N=CN(Cc2ccccc2)Cc2ccccc2)n1.[Cl-]. The summed E-state index contributed by atoms with van der Waals surface area (Å²) in [6.45, 7) is 6.27. The highest BCUT2D eigenvalue weighted by Gasteiger charge is 2.18. The molecule has 8 heteroatoms. The molecule has 0 amide bonds. The first-order valence-corrected chi connectivity index (χ1v) is 12.3. The molecule has 0 fully saturated rings. The second-order valence-electron chi connectivity index (χ2n) is 8.22. The standard InChI is InChI=1S/C27H30N5OS.ClH/c1-21-26(13-14-33)34-20-32(21)18-25-15-28-22(2)30-27(25)29-19-31(16-23-9-5-3-6-10-23)17-24-11-7-4-8-12-24;/h3-12,15,19-20,33H,13-14,16-18H2,1-2H3;1H/q+1;/p-1. The van der Waals surface area contributed by atoms with E-state index in [1.54, 1.807) is 11.3 Å². The molecule has 0 saturated heterocycles. The van der Waals surface area contributed by atoms with E-state index < -0.39 is 0 Å². The zero-order valence-electron chi connectivity index (χ0n) is 20.0. The third-order valence-corrected chi connectivity index (χ3v) is 6.74. The Hall–Kier alpha value is -3.13. The van der Waals surface area contributed by atoms with Crippen LogP contribution in [0.1, 0.15) is 33.1 Å². The molecule has 0 unspecified atom stereocenters. The normalized spacial score (nSPS) is 10.9.